The van der Waals surface area contributed by atoms with Crippen LogP contribution in [0.3, 0.4) is 0 Å². The second kappa shape index (κ2) is 18.1. The molecule has 6 aromatic rings. The normalized spacial score (nSPS) is 11.2. The molecule has 0 saturated heterocycles. The van der Waals surface area contributed by atoms with Crippen LogP contribution in [0.15, 0.2) is 94.5 Å². The number of benzene rings is 4. The number of alkyl halides is 1. The van der Waals surface area contributed by atoms with Crippen LogP contribution in [0.1, 0.15) is 31.8 Å². The summed E-state index contributed by atoms with van der Waals surface area (Å²) in [5.41, 5.74) is 6.19. The van der Waals surface area contributed by atoms with Crippen molar-refractivity contribution in [3.05, 3.63) is 128 Å². The molecule has 0 spiro atoms. The second-order valence-corrected chi connectivity index (χ2v) is 17.0. The van der Waals surface area contributed by atoms with Gasteiger partial charge in [-0.1, -0.05) is 40.2 Å². The van der Waals surface area contributed by atoms with Gasteiger partial charge in [-0.2, -0.15) is 0 Å². The van der Waals surface area contributed by atoms with Gasteiger partial charge in [-0.05, 0) is 71.8 Å². The fourth-order valence-electron chi connectivity index (χ4n) is 5.71. The lowest BCUT2D eigenvalue weighted by molar-refractivity contribution is 0.0592. The fraction of sp³-hybridized carbons (Fsp3) is 0.263. The van der Waals surface area contributed by atoms with Crippen LogP contribution >= 0.6 is 15.9 Å². The summed E-state index contributed by atoms with van der Waals surface area (Å²) in [6.45, 7) is 0.0899. The first kappa shape index (κ1) is 44.1. The molecule has 0 aliphatic rings. The Bertz CT molecular complexity index is 2770. The number of hydrogen-bond donors (Lipinski definition) is 1. The number of ether oxygens (including phenoxy) is 2. The number of nitrogens with one attached hydrogen (secondary N) is 1. The van der Waals surface area contributed by atoms with E-state index in [-0.39, 0.29) is 23.9 Å². The summed E-state index contributed by atoms with van der Waals surface area (Å²) in [6, 6.07) is 23.9. The summed E-state index contributed by atoms with van der Waals surface area (Å²) >= 11 is 3.32. The van der Waals surface area contributed by atoms with Crippen LogP contribution in [0.2, 0.25) is 0 Å². The lowest BCUT2D eigenvalue weighted by atomic mass is 10.1. The number of nitrogens with zero attached hydrogens (tertiary/aromatic N) is 5. The van der Waals surface area contributed by atoms with Crippen molar-refractivity contribution in [3.8, 4) is 0 Å². The number of esters is 2. The minimum atomic E-state index is -3.58. The zero-order valence-electron chi connectivity index (χ0n) is 32.5. The van der Waals surface area contributed by atoms with Crippen molar-refractivity contribution in [2.75, 3.05) is 35.8 Å². The average Bonchev–Trinajstić information content (AvgIpc) is 3.53. The van der Waals surface area contributed by atoms with Crippen LogP contribution in [0.25, 0.3) is 22.1 Å². The molecule has 0 aliphatic heterocycles. The number of anilines is 2. The van der Waals surface area contributed by atoms with Crippen LogP contribution < -0.4 is 20.4 Å². The van der Waals surface area contributed by atoms with E-state index in [4.69, 9.17) is 0 Å². The molecule has 1 N–H and O–H groups in total. The number of carbonyl (C=O) groups excluding carboxylic acids is 2. The molecule has 19 heteroatoms. The van der Waals surface area contributed by atoms with Crippen molar-refractivity contribution in [3.63, 3.8) is 0 Å². The number of methoxy groups -OCH3 is 2. The Hall–Kier alpha value is -5.66. The van der Waals surface area contributed by atoms with E-state index in [9.17, 15) is 36.0 Å². The van der Waals surface area contributed by atoms with Crippen molar-refractivity contribution in [2.24, 2.45) is 28.2 Å². The molecule has 0 unspecified atom stereocenters. The van der Waals surface area contributed by atoms with Gasteiger partial charge in [0.15, 0.2) is 0 Å². The highest BCUT2D eigenvalue weighted by Gasteiger charge is 2.20. The van der Waals surface area contributed by atoms with E-state index in [0.717, 1.165) is 28.9 Å². The maximum atomic E-state index is 12.4. The van der Waals surface area contributed by atoms with E-state index >= 15 is 0 Å². The Morgan fingerprint density at radius 3 is 1.47 bits per heavy atom. The van der Waals surface area contributed by atoms with Gasteiger partial charge in [0.05, 0.1) is 77.8 Å². The summed E-state index contributed by atoms with van der Waals surface area (Å²) in [7, 11) is 2.42. The van der Waals surface area contributed by atoms with E-state index in [2.05, 4.69) is 30.1 Å². The van der Waals surface area contributed by atoms with Gasteiger partial charge in [0.1, 0.15) is 0 Å². The predicted octanol–water partition coefficient (Wildman–Crippen LogP) is 4.25. The van der Waals surface area contributed by atoms with Gasteiger partial charge in [0.25, 0.3) is 0 Å². The van der Waals surface area contributed by atoms with Gasteiger partial charge >= 0.3 is 23.3 Å². The van der Waals surface area contributed by atoms with Crippen molar-refractivity contribution in [1.82, 2.24) is 18.3 Å². The Morgan fingerprint density at radius 2 is 1.05 bits per heavy atom. The molecule has 4 aromatic carbocycles. The molecule has 0 radical (unpaired) electrons. The Morgan fingerprint density at radius 1 is 0.632 bits per heavy atom. The monoisotopic (exact) mass is 886 g/mol. The zero-order chi connectivity index (χ0) is 42.4. The average molecular weight is 888 g/mol. The number of sulfonamides is 2. The maximum absolute atomic E-state index is 12.4. The van der Waals surface area contributed by atoms with E-state index in [1.165, 1.54) is 36.8 Å². The third-order valence-electron chi connectivity index (χ3n) is 8.75. The lowest BCUT2D eigenvalue weighted by Crippen LogP contribution is -2.29. The number of carbonyl (C=O) groups is 2. The number of halogens is 1. The molecule has 0 fully saturated rings. The third-order valence-corrected chi connectivity index (χ3v) is 11.1. The van der Waals surface area contributed by atoms with Crippen LogP contribution in [0, 0.1) is 0 Å². The highest BCUT2D eigenvalue weighted by molar-refractivity contribution is 9.08. The van der Waals surface area contributed by atoms with Crippen LogP contribution in [0.4, 0.5) is 11.4 Å². The summed E-state index contributed by atoms with van der Waals surface area (Å²) < 4.78 is 65.9. The number of hydrogen-bond acceptors (Lipinski definition) is 10. The van der Waals surface area contributed by atoms with Gasteiger partial charge in [-0.3, -0.25) is 27.3 Å². The van der Waals surface area contributed by atoms with Crippen molar-refractivity contribution < 1.29 is 35.9 Å². The molecule has 0 aliphatic carbocycles. The van der Waals surface area contributed by atoms with Crippen LogP contribution in [0.5, 0.6) is 0 Å². The number of fused-ring (bicyclic) bond motifs is 2. The summed E-state index contributed by atoms with van der Waals surface area (Å²) in [6.07, 6.45) is 2.21. The van der Waals surface area contributed by atoms with E-state index in [1.54, 1.807) is 101 Å². The largest absolute Gasteiger partial charge is 0.465 e. The van der Waals surface area contributed by atoms with Crippen LogP contribution in [-0.4, -0.2) is 73.8 Å². The third kappa shape index (κ3) is 10.6. The molecule has 304 valence electrons. The number of aromatic nitrogens is 4. The van der Waals surface area contributed by atoms with Gasteiger partial charge in [-0.15, -0.1) is 0 Å². The molecule has 2 heterocycles. The summed E-state index contributed by atoms with van der Waals surface area (Å²) in [5.74, 6) is -0.752. The van der Waals surface area contributed by atoms with Crippen molar-refractivity contribution in [1.29, 1.82) is 0 Å². The minimum absolute atomic E-state index is 0.0899. The van der Waals surface area contributed by atoms with Crippen LogP contribution in [-0.2, 0) is 69.6 Å². The summed E-state index contributed by atoms with van der Waals surface area (Å²) in [4.78, 5) is 46.3. The zero-order valence-corrected chi connectivity index (χ0v) is 35.7. The first-order valence-electron chi connectivity index (χ1n) is 16.9. The van der Waals surface area contributed by atoms with Gasteiger partial charge in [0.2, 0.25) is 20.0 Å². The number of aryl methyl sites for hydroxylation is 4. The van der Waals surface area contributed by atoms with Crippen molar-refractivity contribution in [2.45, 2.75) is 11.9 Å². The predicted molar refractivity (Wildman–Crippen MR) is 224 cm³/mol. The molecule has 0 bridgehead atoms. The molecule has 0 saturated carbocycles. The smallest absolute Gasteiger partial charge is 0.337 e. The highest BCUT2D eigenvalue weighted by Crippen LogP contribution is 2.25. The molecular formula is C38H43BrN6O10S2. The first-order chi connectivity index (χ1) is 26.7. The lowest BCUT2D eigenvalue weighted by Gasteiger charge is -2.23. The highest BCUT2D eigenvalue weighted by atomic mass is 79.9. The van der Waals surface area contributed by atoms with E-state index in [1.807, 2.05) is 12.1 Å². The van der Waals surface area contributed by atoms with Gasteiger partial charge in [0, 0.05) is 33.5 Å². The standard InChI is InChI=1S/C19H21N3O5S.C10H13N3O3S.C9H9BrO2/c1-20-16-10-9-15(11-17(16)21(2)19(20)24)22(28(4,25)26)12-13-5-7-14(8-6-13)18(23)27-3;1-12-8-5-4-7(11-17(3,15)16)6-9(8)13(2)10(12)14;1-12-9(11)8-4-2-7(6-10)3-5-8/h5-11H,12H2,1-4H3;4-6,11H,1-3H3;2-5H,6H2,1H3. The number of rotatable bonds is 9. The first-order valence-corrected chi connectivity index (χ1v) is 21.7. The summed E-state index contributed by atoms with van der Waals surface area (Å²) in [5, 5.41) is 0.800. The molecule has 0 amide bonds. The Kier molecular flexibility index (Phi) is 14.0. The quantitative estimate of drug-likeness (QED) is 0.162. The minimum Gasteiger partial charge on any atom is -0.465 e. The molecular weight excluding hydrogens is 844 g/mol. The number of imidazole rings is 2. The molecule has 57 heavy (non-hydrogen) atoms. The topological polar surface area (TPSA) is 190 Å². The molecule has 16 nitrogen and oxygen atoms in total. The Balaban J connectivity index is 0.000000210. The molecule has 2 aromatic heterocycles. The maximum Gasteiger partial charge on any atom is 0.337 e. The Labute approximate surface area is 338 Å². The fourth-order valence-corrected chi connectivity index (χ4v) is 7.52. The second-order valence-electron chi connectivity index (χ2n) is 12.8. The molecule has 6 rings (SSSR count). The van der Waals surface area contributed by atoms with Gasteiger partial charge in [-0.25, -0.2) is 36.0 Å². The van der Waals surface area contributed by atoms with E-state index in [0.29, 0.717) is 44.6 Å². The van der Waals surface area contributed by atoms with Gasteiger partial charge < -0.3 is 9.47 Å². The van der Waals surface area contributed by atoms with Crippen molar-refractivity contribution >= 4 is 81.4 Å². The SMILES string of the molecule is COC(=O)c1ccc(CBr)cc1.COC(=O)c1ccc(CN(c2ccc3c(c2)n(C)c(=O)n3C)S(C)(=O)=O)cc1.Cn1c(=O)n(C)c2cc(NS(C)(=O)=O)ccc21. The van der Waals surface area contributed by atoms with E-state index < -0.39 is 26.0 Å². The molecule has 0 atom stereocenters.